The van der Waals surface area contributed by atoms with Gasteiger partial charge in [-0.3, -0.25) is 9.20 Å². The molecule has 3 aromatic rings. The fourth-order valence-electron chi connectivity index (χ4n) is 2.07. The van der Waals surface area contributed by atoms with E-state index in [0.717, 1.165) is 21.9 Å². The van der Waals surface area contributed by atoms with Crippen molar-refractivity contribution in [1.82, 2.24) is 9.38 Å². The molecule has 0 unspecified atom stereocenters. The lowest BCUT2D eigenvalue weighted by atomic mass is 10.2. The maximum Gasteiger partial charge on any atom is 0.303 e. The smallest absolute Gasteiger partial charge is 0.303 e. The largest absolute Gasteiger partial charge is 0.481 e. The minimum atomic E-state index is -0.812. The average Bonchev–Trinajstić information content (AvgIpc) is 2.99. The molecule has 0 aliphatic heterocycles. The van der Waals surface area contributed by atoms with Crippen molar-refractivity contribution in [2.45, 2.75) is 12.8 Å². The number of fused-ring (bicyclic) bond motifs is 1. The van der Waals surface area contributed by atoms with Crippen LogP contribution in [0.4, 0.5) is 0 Å². The molecule has 21 heavy (non-hydrogen) atoms. The predicted octanol–water partition coefficient (Wildman–Crippen LogP) is 4.39. The van der Waals surface area contributed by atoms with Gasteiger partial charge < -0.3 is 5.11 Å². The Morgan fingerprint density at radius 3 is 2.95 bits per heavy atom. The van der Waals surface area contributed by atoms with Crippen LogP contribution in [-0.2, 0) is 11.2 Å². The zero-order chi connectivity index (χ0) is 15.0. The fraction of sp³-hybridized carbons (Fsp3) is 0.143. The van der Waals surface area contributed by atoms with E-state index in [4.69, 9.17) is 28.3 Å². The Labute approximate surface area is 134 Å². The second-order valence-corrected chi connectivity index (χ2v) is 6.20. The molecule has 0 bridgehead atoms. The maximum atomic E-state index is 10.7. The van der Waals surface area contributed by atoms with Gasteiger partial charge in [-0.05, 0) is 24.6 Å². The maximum absolute atomic E-state index is 10.7. The lowest BCUT2D eigenvalue weighted by Gasteiger charge is -2.01. The minimum absolute atomic E-state index is 0.0945. The molecule has 0 fully saturated rings. The van der Waals surface area contributed by atoms with Gasteiger partial charge in [-0.25, -0.2) is 4.98 Å². The Morgan fingerprint density at radius 1 is 1.38 bits per heavy atom. The third-order valence-electron chi connectivity index (χ3n) is 3.08. The number of aromatic nitrogens is 2. The molecule has 0 aliphatic rings. The summed E-state index contributed by atoms with van der Waals surface area (Å²) in [5.74, 6) is -0.812. The number of halogens is 2. The van der Waals surface area contributed by atoms with Gasteiger partial charge >= 0.3 is 5.97 Å². The van der Waals surface area contributed by atoms with Crippen LogP contribution in [0.1, 0.15) is 12.1 Å². The summed E-state index contributed by atoms with van der Waals surface area (Å²) in [5.41, 5.74) is 2.42. The third-order valence-corrected chi connectivity index (χ3v) is 4.54. The van der Waals surface area contributed by atoms with Gasteiger partial charge in [-0.1, -0.05) is 23.2 Å². The Hall–Kier alpha value is -1.56. The van der Waals surface area contributed by atoms with E-state index in [1.54, 1.807) is 18.2 Å². The topological polar surface area (TPSA) is 54.6 Å². The number of aryl methyl sites for hydroxylation is 1. The normalized spacial score (nSPS) is 11.1. The lowest BCUT2D eigenvalue weighted by molar-refractivity contribution is -0.136. The van der Waals surface area contributed by atoms with E-state index in [2.05, 4.69) is 4.98 Å². The van der Waals surface area contributed by atoms with Gasteiger partial charge in [0.1, 0.15) is 0 Å². The van der Waals surface area contributed by atoms with Crippen LogP contribution < -0.4 is 0 Å². The summed E-state index contributed by atoms with van der Waals surface area (Å²) in [5, 5.41) is 11.9. The number of aliphatic carboxylic acids is 1. The van der Waals surface area contributed by atoms with E-state index in [0.29, 0.717) is 16.5 Å². The Bertz CT molecular complexity index is 826. The van der Waals surface area contributed by atoms with Gasteiger partial charge in [0.05, 0.1) is 17.1 Å². The monoisotopic (exact) mass is 340 g/mol. The molecule has 4 nitrogen and oxygen atoms in total. The number of benzene rings is 1. The number of nitrogens with zero attached hydrogens (tertiary/aromatic N) is 2. The van der Waals surface area contributed by atoms with Crippen LogP contribution in [0.15, 0.2) is 29.8 Å². The summed E-state index contributed by atoms with van der Waals surface area (Å²) < 4.78 is 1.90. The van der Waals surface area contributed by atoms with Crippen LogP contribution in [0.5, 0.6) is 0 Å². The molecule has 1 aromatic carbocycles. The number of imidazole rings is 1. The number of thiazole rings is 1. The van der Waals surface area contributed by atoms with Gasteiger partial charge in [-0.2, -0.15) is 0 Å². The first-order chi connectivity index (χ1) is 10.0. The quantitative estimate of drug-likeness (QED) is 0.766. The number of rotatable bonds is 4. The highest BCUT2D eigenvalue weighted by molar-refractivity contribution is 7.15. The molecule has 2 aromatic heterocycles. The highest BCUT2D eigenvalue weighted by Gasteiger charge is 2.13. The number of carboxylic acid groups (broad SMARTS) is 1. The molecule has 1 N–H and O–H groups in total. The van der Waals surface area contributed by atoms with Crippen molar-refractivity contribution in [3.8, 4) is 11.3 Å². The average molecular weight is 341 g/mol. The van der Waals surface area contributed by atoms with Crippen LogP contribution >= 0.6 is 34.5 Å². The van der Waals surface area contributed by atoms with Crippen molar-refractivity contribution in [3.63, 3.8) is 0 Å². The summed E-state index contributed by atoms with van der Waals surface area (Å²) in [6, 6.07) is 5.23. The first-order valence-corrected chi connectivity index (χ1v) is 7.81. The second kappa shape index (κ2) is 5.67. The van der Waals surface area contributed by atoms with E-state index < -0.39 is 5.97 Å². The molecule has 0 amide bonds. The van der Waals surface area contributed by atoms with Crippen molar-refractivity contribution in [3.05, 3.63) is 45.5 Å². The molecule has 0 radical (unpaired) electrons. The number of hydrogen-bond acceptors (Lipinski definition) is 3. The Morgan fingerprint density at radius 2 is 2.19 bits per heavy atom. The lowest BCUT2D eigenvalue weighted by Crippen LogP contribution is -1.99. The zero-order valence-electron chi connectivity index (χ0n) is 10.7. The molecule has 3 rings (SSSR count). The highest BCUT2D eigenvalue weighted by atomic mass is 35.5. The van der Waals surface area contributed by atoms with Crippen LogP contribution in [0.3, 0.4) is 0 Å². The summed E-state index contributed by atoms with van der Waals surface area (Å²) >= 11 is 13.7. The van der Waals surface area contributed by atoms with Crippen LogP contribution in [0.2, 0.25) is 10.0 Å². The molecule has 2 heterocycles. The zero-order valence-corrected chi connectivity index (χ0v) is 13.0. The molecule has 0 spiro atoms. The fourth-order valence-corrected chi connectivity index (χ4v) is 3.36. The standard InChI is InChI=1S/C14H10Cl2N2O2S/c15-8-1-3-11(16)10(5-8)12-6-18-9(2-4-13(19)20)7-21-14(18)17-12/h1,3,5-7H,2,4H2,(H,19,20). The Kier molecular flexibility index (Phi) is 3.89. The molecular formula is C14H10Cl2N2O2S. The van der Waals surface area contributed by atoms with Crippen molar-refractivity contribution in [2.75, 3.05) is 0 Å². The SMILES string of the molecule is O=C(O)CCc1csc2nc(-c3cc(Cl)ccc3Cl)cn12. The van der Waals surface area contributed by atoms with Gasteiger partial charge in [-0.15, -0.1) is 11.3 Å². The first kappa shape index (κ1) is 14.4. The summed E-state index contributed by atoms with van der Waals surface area (Å²) in [6.45, 7) is 0. The molecule has 0 saturated carbocycles. The molecule has 0 atom stereocenters. The van der Waals surface area contributed by atoms with E-state index >= 15 is 0 Å². The Balaban J connectivity index is 2.01. The first-order valence-electron chi connectivity index (χ1n) is 6.17. The number of carboxylic acids is 1. The molecule has 0 saturated heterocycles. The minimum Gasteiger partial charge on any atom is -0.481 e. The second-order valence-electron chi connectivity index (χ2n) is 4.52. The van der Waals surface area contributed by atoms with E-state index in [1.807, 2.05) is 16.0 Å². The summed E-state index contributed by atoms with van der Waals surface area (Å²) in [7, 11) is 0. The van der Waals surface area contributed by atoms with Crippen LogP contribution in [-0.4, -0.2) is 20.5 Å². The van der Waals surface area contributed by atoms with Crippen molar-refractivity contribution in [2.24, 2.45) is 0 Å². The molecular weight excluding hydrogens is 331 g/mol. The number of hydrogen-bond donors (Lipinski definition) is 1. The summed E-state index contributed by atoms with van der Waals surface area (Å²) in [6.07, 6.45) is 2.42. The van der Waals surface area contributed by atoms with Crippen molar-refractivity contribution in [1.29, 1.82) is 0 Å². The van der Waals surface area contributed by atoms with E-state index in [1.165, 1.54) is 11.3 Å². The van der Waals surface area contributed by atoms with Gasteiger partial charge in [0.25, 0.3) is 0 Å². The molecule has 7 heteroatoms. The predicted molar refractivity (Wildman–Crippen MR) is 84.5 cm³/mol. The van der Waals surface area contributed by atoms with Gasteiger partial charge in [0.2, 0.25) is 0 Å². The van der Waals surface area contributed by atoms with Gasteiger partial charge in [0, 0.05) is 27.9 Å². The molecule has 0 aliphatic carbocycles. The van der Waals surface area contributed by atoms with Crippen molar-refractivity contribution < 1.29 is 9.90 Å². The van der Waals surface area contributed by atoms with Crippen LogP contribution in [0, 0.1) is 0 Å². The molecule has 108 valence electrons. The van der Waals surface area contributed by atoms with E-state index in [9.17, 15) is 4.79 Å². The van der Waals surface area contributed by atoms with Crippen LogP contribution in [0.25, 0.3) is 16.2 Å². The third kappa shape index (κ3) is 2.90. The summed E-state index contributed by atoms with van der Waals surface area (Å²) in [4.78, 5) is 16.0. The van der Waals surface area contributed by atoms with E-state index in [-0.39, 0.29) is 6.42 Å². The van der Waals surface area contributed by atoms with Gasteiger partial charge in [0.15, 0.2) is 4.96 Å². The number of carbonyl (C=O) groups is 1. The highest BCUT2D eigenvalue weighted by Crippen LogP contribution is 2.31. The van der Waals surface area contributed by atoms with Crippen molar-refractivity contribution >= 4 is 45.5 Å².